The molecule has 9 nitrogen and oxygen atoms in total. The van der Waals surface area contributed by atoms with Gasteiger partial charge in [-0.15, -0.1) is 11.8 Å². The smallest absolute Gasteiger partial charge is 0.299 e. The van der Waals surface area contributed by atoms with Gasteiger partial charge in [0.05, 0.1) is 33.4 Å². The van der Waals surface area contributed by atoms with Gasteiger partial charge < -0.3 is 29.7 Å². The van der Waals surface area contributed by atoms with Gasteiger partial charge in [0.15, 0.2) is 5.79 Å². The molecule has 2 aromatic rings. The van der Waals surface area contributed by atoms with Crippen LogP contribution in [0.1, 0.15) is 34.8 Å². The van der Waals surface area contributed by atoms with Crippen LogP contribution < -0.4 is 15.4 Å². The SMILES string of the molecule is COc1ccc2c(c1)C(F)(F)c1ccc(C(=O)NCC(=O)N3CC4(CC3C(=O)NCC3=CC(C)CS3)OCCO4)cc1-2. The average molecular weight is 600 g/mol. The topological polar surface area (TPSA) is 106 Å². The highest BCUT2D eigenvalue weighted by molar-refractivity contribution is 8.03. The molecule has 2 fully saturated rings. The monoisotopic (exact) mass is 599 g/mol. The summed E-state index contributed by atoms with van der Waals surface area (Å²) in [5.74, 6) is -3.96. The van der Waals surface area contributed by atoms with E-state index < -0.39 is 36.1 Å². The van der Waals surface area contributed by atoms with Crippen LogP contribution in [-0.4, -0.2) is 80.2 Å². The van der Waals surface area contributed by atoms with Gasteiger partial charge in [0.25, 0.3) is 11.8 Å². The molecule has 222 valence electrons. The minimum atomic E-state index is -3.24. The lowest BCUT2D eigenvalue weighted by atomic mass is 10.0. The van der Waals surface area contributed by atoms with E-state index in [1.54, 1.807) is 23.9 Å². The number of ether oxygens (including phenoxy) is 3. The standard InChI is InChI=1S/C30H31F2N3O6S/c1-17-9-20(42-15-17)13-33-28(38)25-12-29(40-7-8-41-29)16-35(25)26(36)14-34-27(37)18-3-6-23-22(10-18)21-5-4-19(39-2)11-24(21)30(23,31)32/h3-6,9-11,17,25H,7-8,12-16H2,1-2H3,(H,33,38)(H,34,37). The highest BCUT2D eigenvalue weighted by atomic mass is 32.2. The van der Waals surface area contributed by atoms with E-state index in [4.69, 9.17) is 14.2 Å². The van der Waals surface area contributed by atoms with Gasteiger partial charge in [0.1, 0.15) is 11.8 Å². The maximum Gasteiger partial charge on any atom is 0.299 e. The van der Waals surface area contributed by atoms with Gasteiger partial charge in [-0.1, -0.05) is 25.1 Å². The molecule has 1 spiro atoms. The van der Waals surface area contributed by atoms with Crippen LogP contribution in [0, 0.1) is 5.92 Å². The number of carbonyl (C=O) groups excluding carboxylic acids is 3. The van der Waals surface area contributed by atoms with Crippen molar-refractivity contribution in [1.29, 1.82) is 0 Å². The summed E-state index contributed by atoms with van der Waals surface area (Å²) >= 11 is 1.70. The number of halogens is 2. The Morgan fingerprint density at radius 3 is 2.57 bits per heavy atom. The molecule has 0 aromatic heterocycles. The van der Waals surface area contributed by atoms with Crippen LogP contribution in [0.15, 0.2) is 47.4 Å². The zero-order chi connectivity index (χ0) is 29.6. The van der Waals surface area contributed by atoms with Gasteiger partial charge >= 0.3 is 0 Å². The maximum absolute atomic E-state index is 15.1. The highest BCUT2D eigenvalue weighted by Gasteiger charge is 2.52. The minimum Gasteiger partial charge on any atom is -0.497 e. The third-order valence-electron chi connectivity index (χ3n) is 8.04. The lowest BCUT2D eigenvalue weighted by molar-refractivity contribution is -0.152. The number of nitrogens with one attached hydrogen (secondary N) is 2. The Bertz CT molecular complexity index is 1470. The molecule has 2 atom stereocenters. The van der Waals surface area contributed by atoms with Gasteiger partial charge in [0.2, 0.25) is 11.8 Å². The van der Waals surface area contributed by atoms with E-state index in [1.165, 1.54) is 36.3 Å². The Hall–Kier alpha value is -3.48. The second kappa shape index (κ2) is 11.0. The molecule has 2 N–H and O–H groups in total. The predicted molar refractivity (Wildman–Crippen MR) is 151 cm³/mol. The van der Waals surface area contributed by atoms with Crippen molar-refractivity contribution in [3.8, 4) is 16.9 Å². The average Bonchev–Trinajstić information content (AvgIpc) is 3.77. The van der Waals surface area contributed by atoms with E-state index in [2.05, 4.69) is 23.6 Å². The largest absolute Gasteiger partial charge is 0.497 e. The van der Waals surface area contributed by atoms with Crippen LogP contribution in [-0.2, 0) is 25.0 Å². The Balaban J connectivity index is 1.14. The molecule has 12 heteroatoms. The van der Waals surface area contributed by atoms with Gasteiger partial charge in [-0.3, -0.25) is 14.4 Å². The fraction of sp³-hybridized carbons (Fsp3) is 0.433. The lowest BCUT2D eigenvalue weighted by Gasteiger charge is -2.24. The zero-order valence-electron chi connectivity index (χ0n) is 23.2. The number of amides is 3. The third-order valence-corrected chi connectivity index (χ3v) is 9.39. The zero-order valence-corrected chi connectivity index (χ0v) is 24.0. The minimum absolute atomic E-state index is 0.0580. The number of methoxy groups -OCH3 is 1. The first-order chi connectivity index (χ1) is 20.1. The molecule has 0 saturated carbocycles. The van der Waals surface area contributed by atoms with E-state index in [-0.39, 0.29) is 41.1 Å². The first-order valence-corrected chi connectivity index (χ1v) is 14.8. The molecule has 4 aliphatic rings. The first kappa shape index (κ1) is 28.6. The number of fused-ring (bicyclic) bond motifs is 3. The second-order valence-electron chi connectivity index (χ2n) is 10.9. The molecule has 6 rings (SSSR count). The molecule has 2 saturated heterocycles. The van der Waals surface area contributed by atoms with Crippen LogP contribution in [0.5, 0.6) is 5.75 Å². The summed E-state index contributed by atoms with van der Waals surface area (Å²) in [6.45, 7) is 2.88. The fourth-order valence-corrected chi connectivity index (χ4v) is 7.00. The summed E-state index contributed by atoms with van der Waals surface area (Å²) in [4.78, 5) is 42.0. The molecule has 3 amide bonds. The molecule has 3 aliphatic heterocycles. The van der Waals surface area contributed by atoms with E-state index in [0.29, 0.717) is 37.0 Å². The number of rotatable bonds is 7. The Kier molecular flexibility index (Phi) is 7.48. The van der Waals surface area contributed by atoms with Crippen LogP contribution in [0.4, 0.5) is 8.78 Å². The van der Waals surface area contributed by atoms with E-state index in [9.17, 15) is 14.4 Å². The Morgan fingerprint density at radius 2 is 1.86 bits per heavy atom. The number of allylic oxidation sites excluding steroid dienone is 1. The van der Waals surface area contributed by atoms with E-state index in [0.717, 1.165) is 10.7 Å². The van der Waals surface area contributed by atoms with Gasteiger partial charge in [-0.25, -0.2) is 0 Å². The van der Waals surface area contributed by atoms with Crippen molar-refractivity contribution in [3.05, 3.63) is 64.1 Å². The van der Waals surface area contributed by atoms with Gasteiger partial charge in [0, 0.05) is 40.3 Å². The van der Waals surface area contributed by atoms with E-state index in [1.807, 2.05) is 0 Å². The molecule has 2 aromatic carbocycles. The molecular formula is C30H31F2N3O6S. The summed E-state index contributed by atoms with van der Waals surface area (Å²) < 4.78 is 46.9. The molecule has 3 heterocycles. The van der Waals surface area contributed by atoms with Crippen LogP contribution in [0.3, 0.4) is 0 Å². The molecular weight excluding hydrogens is 568 g/mol. The Morgan fingerprint density at radius 1 is 1.07 bits per heavy atom. The highest BCUT2D eigenvalue weighted by Crippen LogP contribution is 2.52. The second-order valence-corrected chi connectivity index (χ2v) is 12.1. The fourth-order valence-electron chi connectivity index (χ4n) is 5.93. The van der Waals surface area contributed by atoms with Crippen molar-refractivity contribution in [2.45, 2.75) is 31.1 Å². The van der Waals surface area contributed by atoms with Crippen LogP contribution in [0.25, 0.3) is 11.1 Å². The molecule has 42 heavy (non-hydrogen) atoms. The number of carbonyl (C=O) groups is 3. The summed E-state index contributed by atoms with van der Waals surface area (Å²) in [7, 11) is 1.41. The number of nitrogens with zero attached hydrogens (tertiary/aromatic N) is 1. The molecule has 2 unspecified atom stereocenters. The first-order valence-electron chi connectivity index (χ1n) is 13.8. The quantitative estimate of drug-likeness (QED) is 0.503. The van der Waals surface area contributed by atoms with Crippen molar-refractivity contribution in [2.75, 3.05) is 45.7 Å². The predicted octanol–water partition coefficient (Wildman–Crippen LogP) is 3.27. The van der Waals surface area contributed by atoms with Gasteiger partial charge in [-0.05, 0) is 41.3 Å². The maximum atomic E-state index is 15.1. The summed E-state index contributed by atoms with van der Waals surface area (Å²) in [5, 5.41) is 5.51. The van der Waals surface area contributed by atoms with Crippen molar-refractivity contribution >= 4 is 29.5 Å². The molecule has 1 aliphatic carbocycles. The number of likely N-dealkylation sites (tertiary alicyclic amines) is 1. The molecule has 0 radical (unpaired) electrons. The number of alkyl halides is 2. The summed E-state index contributed by atoms with van der Waals surface area (Å²) in [6, 6.07) is 7.55. The third kappa shape index (κ3) is 5.16. The normalized spacial score (nSPS) is 23.0. The van der Waals surface area contributed by atoms with Crippen molar-refractivity contribution < 1.29 is 37.4 Å². The number of hydrogen-bond acceptors (Lipinski definition) is 7. The number of benzene rings is 2. The van der Waals surface area contributed by atoms with Crippen molar-refractivity contribution in [1.82, 2.24) is 15.5 Å². The van der Waals surface area contributed by atoms with E-state index >= 15 is 8.78 Å². The van der Waals surface area contributed by atoms with Crippen molar-refractivity contribution in [3.63, 3.8) is 0 Å². The van der Waals surface area contributed by atoms with Crippen molar-refractivity contribution in [2.24, 2.45) is 5.92 Å². The number of hydrogen-bond donors (Lipinski definition) is 2. The lowest BCUT2D eigenvalue weighted by Crippen LogP contribution is -2.49. The number of thioether (sulfide) groups is 1. The summed E-state index contributed by atoms with van der Waals surface area (Å²) in [6.07, 6.45) is 2.31. The Labute approximate surface area is 245 Å². The summed E-state index contributed by atoms with van der Waals surface area (Å²) in [5.41, 5.74) is 0.302. The van der Waals surface area contributed by atoms with Crippen LogP contribution in [0.2, 0.25) is 0 Å². The van der Waals surface area contributed by atoms with Gasteiger partial charge in [-0.2, -0.15) is 8.78 Å². The molecule has 0 bridgehead atoms. The van der Waals surface area contributed by atoms with Crippen LogP contribution >= 0.6 is 11.8 Å².